The second kappa shape index (κ2) is 8.27. The molecule has 0 bridgehead atoms. The van der Waals surface area contributed by atoms with Crippen LogP contribution in [-0.2, 0) is 11.3 Å². The molecule has 3 aromatic rings. The van der Waals surface area contributed by atoms with Gasteiger partial charge in [-0.25, -0.2) is 4.98 Å². The van der Waals surface area contributed by atoms with Gasteiger partial charge in [-0.15, -0.1) is 0 Å². The molecule has 1 amide bonds. The van der Waals surface area contributed by atoms with E-state index in [1.165, 1.54) is 11.8 Å². The van der Waals surface area contributed by atoms with Crippen molar-refractivity contribution in [2.45, 2.75) is 32.5 Å². The maximum absolute atomic E-state index is 12.7. The zero-order chi connectivity index (χ0) is 19.6. The Balaban J connectivity index is 1.81. The summed E-state index contributed by atoms with van der Waals surface area (Å²) in [5.41, 5.74) is 3.51. The molecule has 7 heteroatoms. The largest absolute Gasteiger partial charge is 0.325 e. The monoisotopic (exact) mass is 445 g/mol. The number of benzene rings is 2. The summed E-state index contributed by atoms with van der Waals surface area (Å²) in [5, 5.41) is 4.04. The van der Waals surface area contributed by atoms with E-state index >= 15 is 0 Å². The summed E-state index contributed by atoms with van der Waals surface area (Å²) in [6.07, 6.45) is 0. The molecule has 0 atom stereocenters. The van der Waals surface area contributed by atoms with Crippen LogP contribution in [0.4, 0.5) is 5.69 Å². The smallest absolute Gasteiger partial charge is 0.262 e. The molecule has 1 N–H and O–H groups in total. The Morgan fingerprint density at radius 1 is 1.22 bits per heavy atom. The highest BCUT2D eigenvalue weighted by Gasteiger charge is 2.13. The highest BCUT2D eigenvalue weighted by Crippen LogP contribution is 2.21. The summed E-state index contributed by atoms with van der Waals surface area (Å²) in [7, 11) is 0. The number of anilines is 1. The molecule has 0 aliphatic heterocycles. The lowest BCUT2D eigenvalue weighted by atomic mass is 10.1. The van der Waals surface area contributed by atoms with Crippen LogP contribution in [0.2, 0.25) is 0 Å². The number of nitrogens with zero attached hydrogens (tertiary/aromatic N) is 2. The molecule has 1 aromatic heterocycles. The van der Waals surface area contributed by atoms with E-state index < -0.39 is 0 Å². The number of rotatable bonds is 5. The molecule has 140 valence electrons. The third kappa shape index (κ3) is 4.42. The topological polar surface area (TPSA) is 64.0 Å². The Morgan fingerprint density at radius 3 is 2.70 bits per heavy atom. The van der Waals surface area contributed by atoms with Crippen LogP contribution >= 0.6 is 27.7 Å². The fraction of sp³-hybridized carbons (Fsp3) is 0.250. The Bertz CT molecular complexity index is 1080. The van der Waals surface area contributed by atoms with Crippen molar-refractivity contribution in [1.82, 2.24) is 9.55 Å². The van der Waals surface area contributed by atoms with Gasteiger partial charge in [0.15, 0.2) is 5.16 Å². The molecule has 0 aliphatic carbocycles. The van der Waals surface area contributed by atoms with E-state index in [1.54, 1.807) is 16.7 Å². The number of aromatic nitrogens is 2. The summed E-state index contributed by atoms with van der Waals surface area (Å²) in [4.78, 5) is 29.7. The molecular weight excluding hydrogens is 426 g/mol. The van der Waals surface area contributed by atoms with Crippen molar-refractivity contribution in [3.05, 3.63) is 62.4 Å². The average molecular weight is 446 g/mol. The van der Waals surface area contributed by atoms with Crippen molar-refractivity contribution in [1.29, 1.82) is 0 Å². The molecule has 0 saturated carbocycles. The van der Waals surface area contributed by atoms with E-state index in [0.717, 1.165) is 21.3 Å². The van der Waals surface area contributed by atoms with Gasteiger partial charge in [0.2, 0.25) is 5.91 Å². The van der Waals surface area contributed by atoms with Gasteiger partial charge in [0, 0.05) is 16.7 Å². The second-order valence-corrected chi connectivity index (χ2v) is 8.12. The molecule has 0 fully saturated rings. The molecule has 0 saturated heterocycles. The van der Waals surface area contributed by atoms with Crippen LogP contribution in [-0.4, -0.2) is 21.2 Å². The van der Waals surface area contributed by atoms with Crippen LogP contribution in [0, 0.1) is 13.8 Å². The van der Waals surface area contributed by atoms with Gasteiger partial charge in [-0.2, -0.15) is 0 Å². The zero-order valence-electron chi connectivity index (χ0n) is 15.4. The second-order valence-electron chi connectivity index (χ2n) is 6.26. The van der Waals surface area contributed by atoms with Gasteiger partial charge < -0.3 is 5.32 Å². The third-order valence-electron chi connectivity index (χ3n) is 4.19. The third-order valence-corrected chi connectivity index (χ3v) is 5.66. The van der Waals surface area contributed by atoms with E-state index in [0.29, 0.717) is 22.6 Å². The SMILES string of the molecule is CCn1c(SCC(=O)Nc2ccc(C)cc2C)nc2ccc(Br)cc2c1=O. The first-order chi connectivity index (χ1) is 12.9. The number of halogens is 1. The number of carbonyl (C=O) groups excluding carboxylic acids is 1. The molecule has 27 heavy (non-hydrogen) atoms. The number of hydrogen-bond donors (Lipinski definition) is 1. The van der Waals surface area contributed by atoms with Gasteiger partial charge in [0.1, 0.15) is 0 Å². The fourth-order valence-electron chi connectivity index (χ4n) is 2.83. The van der Waals surface area contributed by atoms with Crippen LogP contribution in [0.3, 0.4) is 0 Å². The van der Waals surface area contributed by atoms with Gasteiger partial charge in [0.25, 0.3) is 5.56 Å². The molecule has 3 rings (SSSR count). The van der Waals surface area contributed by atoms with Gasteiger partial charge >= 0.3 is 0 Å². The molecule has 0 aliphatic rings. The van der Waals surface area contributed by atoms with Crippen molar-refractivity contribution in [2.24, 2.45) is 0 Å². The minimum absolute atomic E-state index is 0.0962. The summed E-state index contributed by atoms with van der Waals surface area (Å²) in [6, 6.07) is 11.3. The van der Waals surface area contributed by atoms with Crippen LogP contribution in [0.5, 0.6) is 0 Å². The van der Waals surface area contributed by atoms with Gasteiger partial charge in [-0.05, 0) is 50.6 Å². The minimum atomic E-state index is -0.125. The van der Waals surface area contributed by atoms with Crippen molar-refractivity contribution in [2.75, 3.05) is 11.1 Å². The number of carbonyl (C=O) groups is 1. The van der Waals surface area contributed by atoms with E-state index in [4.69, 9.17) is 0 Å². The lowest BCUT2D eigenvalue weighted by Gasteiger charge is -2.12. The Kier molecular flexibility index (Phi) is 6.01. The summed E-state index contributed by atoms with van der Waals surface area (Å²) >= 11 is 4.66. The number of aryl methyl sites for hydroxylation is 2. The predicted molar refractivity (Wildman–Crippen MR) is 115 cm³/mol. The number of thioether (sulfide) groups is 1. The van der Waals surface area contributed by atoms with Gasteiger partial charge in [0.05, 0.1) is 16.7 Å². The summed E-state index contributed by atoms with van der Waals surface area (Å²) in [5.74, 6) is 0.0571. The molecule has 1 heterocycles. The maximum atomic E-state index is 12.7. The zero-order valence-corrected chi connectivity index (χ0v) is 17.8. The predicted octanol–water partition coefficient (Wildman–Crippen LogP) is 4.53. The number of hydrogen-bond acceptors (Lipinski definition) is 4. The Labute approximate surface area is 170 Å². The average Bonchev–Trinajstić information content (AvgIpc) is 2.63. The summed E-state index contributed by atoms with van der Waals surface area (Å²) in [6.45, 7) is 6.37. The quantitative estimate of drug-likeness (QED) is 0.462. The van der Waals surface area contributed by atoms with Crippen molar-refractivity contribution >= 4 is 50.2 Å². The van der Waals surface area contributed by atoms with Crippen LogP contribution in [0.1, 0.15) is 18.1 Å². The van der Waals surface area contributed by atoms with Crippen molar-refractivity contribution in [3.63, 3.8) is 0 Å². The Hall–Kier alpha value is -2.12. The lowest BCUT2D eigenvalue weighted by Crippen LogP contribution is -2.23. The minimum Gasteiger partial charge on any atom is -0.325 e. The van der Waals surface area contributed by atoms with Crippen LogP contribution in [0.15, 0.2) is 50.8 Å². The summed E-state index contributed by atoms with van der Waals surface area (Å²) < 4.78 is 2.44. The normalized spacial score (nSPS) is 11.0. The van der Waals surface area contributed by atoms with Gasteiger partial charge in [-0.1, -0.05) is 45.4 Å². The van der Waals surface area contributed by atoms with E-state index in [2.05, 4.69) is 26.2 Å². The molecule has 0 spiro atoms. The highest BCUT2D eigenvalue weighted by atomic mass is 79.9. The van der Waals surface area contributed by atoms with Crippen LogP contribution < -0.4 is 10.9 Å². The van der Waals surface area contributed by atoms with E-state index in [9.17, 15) is 9.59 Å². The van der Waals surface area contributed by atoms with Crippen LogP contribution in [0.25, 0.3) is 10.9 Å². The van der Waals surface area contributed by atoms with Crippen molar-refractivity contribution in [3.8, 4) is 0 Å². The molecule has 0 radical (unpaired) electrons. The van der Waals surface area contributed by atoms with Crippen molar-refractivity contribution < 1.29 is 4.79 Å². The van der Waals surface area contributed by atoms with Gasteiger partial charge in [-0.3, -0.25) is 14.2 Å². The lowest BCUT2D eigenvalue weighted by molar-refractivity contribution is -0.113. The Morgan fingerprint density at radius 2 is 2.00 bits per heavy atom. The van der Waals surface area contributed by atoms with E-state index in [-0.39, 0.29) is 17.2 Å². The molecule has 5 nitrogen and oxygen atoms in total. The first-order valence-corrected chi connectivity index (χ1v) is 10.4. The van der Waals surface area contributed by atoms with E-state index in [1.807, 2.05) is 45.0 Å². The number of amides is 1. The number of nitrogens with one attached hydrogen (secondary N) is 1. The molecule has 0 unspecified atom stereocenters. The fourth-order valence-corrected chi connectivity index (χ4v) is 4.06. The maximum Gasteiger partial charge on any atom is 0.262 e. The standard InChI is InChI=1S/C20H20BrN3O2S/c1-4-24-19(26)15-10-14(21)6-8-17(15)23-20(24)27-11-18(25)22-16-7-5-12(2)9-13(16)3/h5-10H,4,11H2,1-3H3,(H,22,25). The molecule has 2 aromatic carbocycles. The number of fused-ring (bicyclic) bond motifs is 1. The highest BCUT2D eigenvalue weighted by molar-refractivity contribution is 9.10. The first-order valence-electron chi connectivity index (χ1n) is 8.59. The molecular formula is C20H20BrN3O2S. The first kappa shape index (κ1) is 19.6.